The Morgan fingerprint density at radius 1 is 1.25 bits per heavy atom. The van der Waals surface area contributed by atoms with E-state index in [2.05, 4.69) is 19.2 Å². The molecule has 0 aliphatic carbocycles. The van der Waals surface area contributed by atoms with E-state index in [1.807, 2.05) is 18.2 Å². The highest BCUT2D eigenvalue weighted by molar-refractivity contribution is 7.91. The van der Waals surface area contributed by atoms with Gasteiger partial charge in [0.1, 0.15) is 0 Å². The average Bonchev–Trinajstić information content (AvgIpc) is 2.44. The van der Waals surface area contributed by atoms with Gasteiger partial charge < -0.3 is 5.32 Å². The Labute approximate surface area is 122 Å². The third-order valence-corrected chi connectivity index (χ3v) is 5.91. The topological polar surface area (TPSA) is 46.2 Å². The Balaban J connectivity index is 2.32. The zero-order valence-corrected chi connectivity index (χ0v) is 13.2. The van der Waals surface area contributed by atoms with Crippen molar-refractivity contribution in [3.05, 3.63) is 29.8 Å². The highest BCUT2D eigenvalue weighted by atomic mass is 32.2. The largest absolute Gasteiger partial charge is 0.313 e. The maximum absolute atomic E-state index is 12.2. The first-order valence-electron chi connectivity index (χ1n) is 7.65. The molecule has 0 saturated carbocycles. The Kier molecular flexibility index (Phi) is 5.22. The summed E-state index contributed by atoms with van der Waals surface area (Å²) in [5.74, 6) is 0.601. The Morgan fingerprint density at radius 3 is 2.70 bits per heavy atom. The number of rotatable bonds is 6. The summed E-state index contributed by atoms with van der Waals surface area (Å²) in [5, 5.41) is 3.61. The lowest BCUT2D eigenvalue weighted by molar-refractivity contribution is 0.388. The van der Waals surface area contributed by atoms with Gasteiger partial charge in [0.25, 0.3) is 0 Å². The lowest BCUT2D eigenvalue weighted by Crippen LogP contribution is -2.38. The summed E-state index contributed by atoms with van der Waals surface area (Å²) < 4.78 is 24.4. The van der Waals surface area contributed by atoms with Crippen molar-refractivity contribution in [3.8, 4) is 0 Å². The van der Waals surface area contributed by atoms with E-state index >= 15 is 0 Å². The summed E-state index contributed by atoms with van der Waals surface area (Å²) in [6.07, 6.45) is 4.06. The van der Waals surface area contributed by atoms with E-state index in [9.17, 15) is 8.42 Å². The third-order valence-electron chi connectivity index (χ3n) is 4.09. The van der Waals surface area contributed by atoms with E-state index < -0.39 is 9.84 Å². The molecule has 0 saturated heterocycles. The fourth-order valence-corrected chi connectivity index (χ4v) is 4.77. The van der Waals surface area contributed by atoms with Crippen LogP contribution in [0.25, 0.3) is 0 Å². The fourth-order valence-electron chi connectivity index (χ4n) is 3.12. The summed E-state index contributed by atoms with van der Waals surface area (Å²) in [6, 6.07) is 7.92. The fraction of sp³-hybridized carbons (Fsp3) is 0.625. The SMILES string of the molecule is CCCNC(CCC)C1CCS(=O)(=O)c2ccccc21. The van der Waals surface area contributed by atoms with Gasteiger partial charge in [-0.2, -0.15) is 0 Å². The summed E-state index contributed by atoms with van der Waals surface area (Å²) in [4.78, 5) is 0.552. The summed E-state index contributed by atoms with van der Waals surface area (Å²) >= 11 is 0. The highest BCUT2D eigenvalue weighted by Gasteiger charge is 2.33. The van der Waals surface area contributed by atoms with E-state index in [0.717, 1.165) is 37.8 Å². The molecule has 3 nitrogen and oxygen atoms in total. The van der Waals surface area contributed by atoms with E-state index in [1.54, 1.807) is 6.07 Å². The lowest BCUT2D eigenvalue weighted by Gasteiger charge is -2.32. The number of sulfone groups is 1. The molecule has 1 heterocycles. The van der Waals surface area contributed by atoms with Crippen molar-refractivity contribution in [2.75, 3.05) is 12.3 Å². The van der Waals surface area contributed by atoms with Gasteiger partial charge in [0, 0.05) is 12.0 Å². The van der Waals surface area contributed by atoms with Gasteiger partial charge in [-0.3, -0.25) is 0 Å². The van der Waals surface area contributed by atoms with Gasteiger partial charge >= 0.3 is 0 Å². The highest BCUT2D eigenvalue weighted by Crippen LogP contribution is 2.36. The van der Waals surface area contributed by atoms with Crippen LogP contribution in [0.5, 0.6) is 0 Å². The van der Waals surface area contributed by atoms with Crippen molar-refractivity contribution < 1.29 is 8.42 Å². The molecule has 0 amide bonds. The van der Waals surface area contributed by atoms with Gasteiger partial charge in [0.15, 0.2) is 9.84 Å². The zero-order chi connectivity index (χ0) is 14.6. The van der Waals surface area contributed by atoms with Crippen molar-refractivity contribution in [1.82, 2.24) is 5.32 Å². The van der Waals surface area contributed by atoms with Crippen molar-refractivity contribution >= 4 is 9.84 Å². The third kappa shape index (κ3) is 3.23. The van der Waals surface area contributed by atoms with Crippen LogP contribution in [0.2, 0.25) is 0 Å². The average molecular weight is 295 g/mol. The number of fused-ring (bicyclic) bond motifs is 1. The molecule has 0 fully saturated rings. The summed E-state index contributed by atoms with van der Waals surface area (Å²) in [6.45, 7) is 5.34. The maximum Gasteiger partial charge on any atom is 0.178 e. The molecule has 1 N–H and O–H groups in total. The van der Waals surface area contributed by atoms with Crippen LogP contribution in [-0.2, 0) is 9.84 Å². The van der Waals surface area contributed by atoms with Crippen molar-refractivity contribution in [3.63, 3.8) is 0 Å². The number of hydrogen-bond donors (Lipinski definition) is 1. The van der Waals surface area contributed by atoms with Crippen molar-refractivity contribution in [2.24, 2.45) is 0 Å². The van der Waals surface area contributed by atoms with Crippen LogP contribution in [0.4, 0.5) is 0 Å². The van der Waals surface area contributed by atoms with Crippen molar-refractivity contribution in [2.45, 2.75) is 56.4 Å². The molecule has 1 aromatic carbocycles. The minimum atomic E-state index is -3.07. The summed E-state index contributed by atoms with van der Waals surface area (Å²) in [5.41, 5.74) is 1.01. The smallest absolute Gasteiger partial charge is 0.178 e. The minimum absolute atomic E-state index is 0.280. The van der Waals surface area contributed by atoms with Crippen LogP contribution in [0.1, 0.15) is 51.0 Å². The molecule has 1 aliphatic rings. The molecule has 2 rings (SSSR count). The molecule has 1 aromatic rings. The minimum Gasteiger partial charge on any atom is -0.313 e. The summed E-state index contributed by atoms with van der Waals surface area (Å²) in [7, 11) is -3.07. The predicted octanol–water partition coefficient (Wildman–Crippen LogP) is 3.12. The normalized spacial score (nSPS) is 22.2. The van der Waals surface area contributed by atoms with Gasteiger partial charge in [0.05, 0.1) is 10.6 Å². The second-order valence-corrected chi connectivity index (χ2v) is 7.68. The first-order valence-corrected chi connectivity index (χ1v) is 9.30. The Hall–Kier alpha value is -0.870. The first kappa shape index (κ1) is 15.5. The molecular formula is C16H25NO2S. The molecule has 0 bridgehead atoms. The van der Waals surface area contributed by atoms with Crippen LogP contribution in [0.15, 0.2) is 29.2 Å². The van der Waals surface area contributed by atoms with Crippen molar-refractivity contribution in [1.29, 1.82) is 0 Å². The molecule has 2 atom stereocenters. The maximum atomic E-state index is 12.2. The zero-order valence-electron chi connectivity index (χ0n) is 12.4. The quantitative estimate of drug-likeness (QED) is 0.877. The molecule has 112 valence electrons. The number of hydrogen-bond acceptors (Lipinski definition) is 3. The molecule has 4 heteroatoms. The van der Waals surface area contributed by atoms with Crippen LogP contribution < -0.4 is 5.32 Å². The first-order chi connectivity index (χ1) is 9.60. The molecule has 0 radical (unpaired) electrons. The van der Waals surface area contributed by atoms with E-state index in [0.29, 0.717) is 16.9 Å². The van der Waals surface area contributed by atoms with Crippen LogP contribution in [0.3, 0.4) is 0 Å². The number of benzene rings is 1. The number of nitrogens with one attached hydrogen (secondary N) is 1. The van der Waals surface area contributed by atoms with Crippen LogP contribution in [0, 0.1) is 0 Å². The van der Waals surface area contributed by atoms with E-state index in [1.165, 1.54) is 0 Å². The molecule has 1 aliphatic heterocycles. The Bertz CT molecular complexity index is 539. The second-order valence-electron chi connectivity index (χ2n) is 5.60. The second kappa shape index (κ2) is 6.72. The molecular weight excluding hydrogens is 270 g/mol. The molecule has 2 unspecified atom stereocenters. The van der Waals surface area contributed by atoms with Gasteiger partial charge in [-0.25, -0.2) is 8.42 Å². The standard InChI is InChI=1S/C16H25NO2S/c1-3-7-15(17-11-4-2)13-10-12-20(18,19)16-9-6-5-8-14(13)16/h5-6,8-9,13,15,17H,3-4,7,10-12H2,1-2H3. The molecule has 20 heavy (non-hydrogen) atoms. The van der Waals surface area contributed by atoms with Crippen LogP contribution in [-0.4, -0.2) is 26.8 Å². The molecule has 0 aromatic heterocycles. The monoisotopic (exact) mass is 295 g/mol. The lowest BCUT2D eigenvalue weighted by atomic mass is 9.86. The Morgan fingerprint density at radius 2 is 2.00 bits per heavy atom. The van der Waals surface area contributed by atoms with Gasteiger partial charge in [0.2, 0.25) is 0 Å². The van der Waals surface area contributed by atoms with E-state index in [-0.39, 0.29) is 5.75 Å². The van der Waals surface area contributed by atoms with Gasteiger partial charge in [-0.15, -0.1) is 0 Å². The molecule has 0 spiro atoms. The van der Waals surface area contributed by atoms with Gasteiger partial charge in [-0.1, -0.05) is 38.5 Å². The predicted molar refractivity (Wildman–Crippen MR) is 82.8 cm³/mol. The van der Waals surface area contributed by atoms with E-state index in [4.69, 9.17) is 0 Å². The van der Waals surface area contributed by atoms with Crippen LogP contribution >= 0.6 is 0 Å². The van der Waals surface area contributed by atoms with Gasteiger partial charge in [-0.05, 0) is 37.4 Å².